The zero-order valence-corrected chi connectivity index (χ0v) is 12.6. The van der Waals surface area contributed by atoms with Gasteiger partial charge in [0.1, 0.15) is 17.0 Å². The van der Waals surface area contributed by atoms with Gasteiger partial charge in [-0.3, -0.25) is 9.48 Å². The number of para-hydroxylation sites is 1. The first kappa shape index (κ1) is 13.9. The van der Waals surface area contributed by atoms with E-state index in [0.29, 0.717) is 23.0 Å². The molecule has 0 fully saturated rings. The number of nitrogens with one attached hydrogen (secondary N) is 1. The maximum Gasteiger partial charge on any atom is 0.256 e. The van der Waals surface area contributed by atoms with Gasteiger partial charge >= 0.3 is 0 Å². The number of hydrogen-bond donors (Lipinski definition) is 1. The Morgan fingerprint density at radius 3 is 2.95 bits per heavy atom. The summed E-state index contributed by atoms with van der Waals surface area (Å²) in [6, 6.07) is 7.92. The number of nitrogens with zero attached hydrogens (tertiary/aromatic N) is 2. The van der Waals surface area contributed by atoms with Gasteiger partial charge in [0.25, 0.3) is 5.91 Å². The number of carbonyl (C=O) groups excluding carboxylic acids is 1. The zero-order valence-electron chi connectivity index (χ0n) is 11.9. The van der Waals surface area contributed by atoms with E-state index in [1.165, 1.54) is 10.2 Å². The summed E-state index contributed by atoms with van der Waals surface area (Å²) >= 11 is 6.09. The molecule has 0 saturated heterocycles. The molecular formula is C15H16ClN3O2. The quantitative estimate of drug-likeness (QED) is 0.945. The number of aryl methyl sites for hydroxylation is 2. The van der Waals surface area contributed by atoms with Gasteiger partial charge in [-0.1, -0.05) is 29.8 Å². The average molecular weight is 306 g/mol. The summed E-state index contributed by atoms with van der Waals surface area (Å²) in [6.07, 6.45) is 0.762. The third-order valence-corrected chi connectivity index (χ3v) is 4.02. The van der Waals surface area contributed by atoms with E-state index in [2.05, 4.69) is 10.4 Å². The number of aromatic nitrogens is 2. The first-order valence-electron chi connectivity index (χ1n) is 6.78. The van der Waals surface area contributed by atoms with Crippen LogP contribution in [0.4, 0.5) is 0 Å². The van der Waals surface area contributed by atoms with Crippen molar-refractivity contribution in [3.05, 3.63) is 46.2 Å². The van der Waals surface area contributed by atoms with Crippen molar-refractivity contribution in [2.24, 2.45) is 7.05 Å². The van der Waals surface area contributed by atoms with Gasteiger partial charge in [-0.15, -0.1) is 0 Å². The van der Waals surface area contributed by atoms with Crippen LogP contribution in [0.1, 0.15) is 21.6 Å². The fourth-order valence-electron chi connectivity index (χ4n) is 2.55. The molecule has 0 aliphatic carbocycles. The summed E-state index contributed by atoms with van der Waals surface area (Å²) in [7, 11) is 1.71. The Bertz CT molecular complexity index is 671. The van der Waals surface area contributed by atoms with E-state index in [4.69, 9.17) is 16.3 Å². The summed E-state index contributed by atoms with van der Waals surface area (Å²) < 4.78 is 7.28. The molecular weight excluding hydrogens is 290 g/mol. The van der Waals surface area contributed by atoms with E-state index < -0.39 is 0 Å². The molecule has 1 aliphatic rings. The lowest BCUT2D eigenvalue weighted by atomic mass is 10.1. The van der Waals surface area contributed by atoms with E-state index in [1.54, 1.807) is 14.0 Å². The molecule has 1 aromatic carbocycles. The highest BCUT2D eigenvalue weighted by Crippen LogP contribution is 2.27. The molecule has 5 nitrogen and oxygen atoms in total. The lowest BCUT2D eigenvalue weighted by Gasteiger charge is -2.11. The Hall–Kier alpha value is -2.01. The summed E-state index contributed by atoms with van der Waals surface area (Å²) in [5, 5.41) is 7.35. The topological polar surface area (TPSA) is 56.2 Å². The van der Waals surface area contributed by atoms with Crippen molar-refractivity contribution in [3.63, 3.8) is 0 Å². The van der Waals surface area contributed by atoms with Gasteiger partial charge in [-0.2, -0.15) is 5.10 Å². The lowest BCUT2D eigenvalue weighted by molar-refractivity contribution is 0.0933. The monoisotopic (exact) mass is 305 g/mol. The van der Waals surface area contributed by atoms with Crippen molar-refractivity contribution >= 4 is 17.5 Å². The third-order valence-electron chi connectivity index (χ3n) is 3.58. The molecule has 1 aliphatic heterocycles. The van der Waals surface area contributed by atoms with E-state index in [-0.39, 0.29) is 12.0 Å². The number of halogens is 1. The van der Waals surface area contributed by atoms with Crippen LogP contribution in [0.15, 0.2) is 24.3 Å². The number of ether oxygens (including phenoxy) is 1. The molecule has 0 spiro atoms. The molecule has 0 bridgehead atoms. The van der Waals surface area contributed by atoms with Crippen molar-refractivity contribution in [3.8, 4) is 5.75 Å². The van der Waals surface area contributed by atoms with Crippen molar-refractivity contribution in [1.82, 2.24) is 15.1 Å². The maximum atomic E-state index is 12.2. The van der Waals surface area contributed by atoms with Gasteiger partial charge in [0.15, 0.2) is 0 Å². The Kier molecular flexibility index (Phi) is 3.59. The van der Waals surface area contributed by atoms with Crippen LogP contribution in [-0.2, 0) is 13.5 Å². The molecule has 1 amide bonds. The van der Waals surface area contributed by atoms with Gasteiger partial charge in [0.05, 0.1) is 17.8 Å². The van der Waals surface area contributed by atoms with E-state index in [9.17, 15) is 4.79 Å². The first-order valence-corrected chi connectivity index (χ1v) is 7.16. The fraction of sp³-hybridized carbons (Fsp3) is 0.333. The minimum Gasteiger partial charge on any atom is -0.488 e. The van der Waals surface area contributed by atoms with Crippen LogP contribution >= 0.6 is 11.6 Å². The molecule has 2 heterocycles. The summed E-state index contributed by atoms with van der Waals surface area (Å²) in [4.78, 5) is 12.2. The fourth-order valence-corrected chi connectivity index (χ4v) is 2.81. The highest BCUT2D eigenvalue weighted by atomic mass is 35.5. The average Bonchev–Trinajstić information content (AvgIpc) is 2.97. The number of fused-ring (bicyclic) bond motifs is 1. The van der Waals surface area contributed by atoms with Gasteiger partial charge < -0.3 is 10.1 Å². The zero-order chi connectivity index (χ0) is 15.0. The van der Waals surface area contributed by atoms with Crippen LogP contribution in [0.5, 0.6) is 5.75 Å². The number of hydrogen-bond acceptors (Lipinski definition) is 3. The summed E-state index contributed by atoms with van der Waals surface area (Å²) in [5.41, 5.74) is 2.22. The lowest BCUT2D eigenvalue weighted by Crippen LogP contribution is -2.34. The molecule has 0 unspecified atom stereocenters. The van der Waals surface area contributed by atoms with Gasteiger partial charge in [0.2, 0.25) is 0 Å². The molecule has 3 rings (SSSR count). The second-order valence-corrected chi connectivity index (χ2v) is 5.49. The first-order chi connectivity index (χ1) is 10.1. The molecule has 21 heavy (non-hydrogen) atoms. The number of rotatable bonds is 3. The highest BCUT2D eigenvalue weighted by molar-refractivity contribution is 6.33. The molecule has 2 aromatic rings. The molecule has 0 saturated carbocycles. The predicted molar refractivity (Wildman–Crippen MR) is 79.9 cm³/mol. The number of carbonyl (C=O) groups is 1. The Labute approximate surface area is 127 Å². The van der Waals surface area contributed by atoms with Crippen LogP contribution < -0.4 is 10.1 Å². The Balaban J connectivity index is 1.63. The van der Waals surface area contributed by atoms with Crippen LogP contribution in [0.2, 0.25) is 5.15 Å². The van der Waals surface area contributed by atoms with Crippen LogP contribution in [0.25, 0.3) is 0 Å². The van der Waals surface area contributed by atoms with Crippen molar-refractivity contribution in [2.45, 2.75) is 19.4 Å². The van der Waals surface area contributed by atoms with Gasteiger partial charge in [-0.25, -0.2) is 0 Å². The molecule has 1 atom stereocenters. The van der Waals surface area contributed by atoms with E-state index in [1.807, 2.05) is 24.3 Å². The second-order valence-electron chi connectivity index (χ2n) is 5.14. The highest BCUT2D eigenvalue weighted by Gasteiger charge is 2.24. The minimum atomic E-state index is -0.217. The largest absolute Gasteiger partial charge is 0.488 e. The SMILES string of the molecule is Cc1nn(C)c(Cl)c1C(=O)NC[C@@H]1Cc2ccccc2O1. The number of amides is 1. The van der Waals surface area contributed by atoms with E-state index in [0.717, 1.165) is 12.2 Å². The maximum absolute atomic E-state index is 12.2. The van der Waals surface area contributed by atoms with Crippen molar-refractivity contribution in [2.75, 3.05) is 6.54 Å². The molecule has 1 N–H and O–H groups in total. The normalized spacial score (nSPS) is 16.4. The minimum absolute atomic E-state index is 0.0397. The van der Waals surface area contributed by atoms with E-state index >= 15 is 0 Å². The van der Waals surface area contributed by atoms with Crippen LogP contribution in [0, 0.1) is 6.92 Å². The Morgan fingerprint density at radius 2 is 2.29 bits per heavy atom. The standard InChI is InChI=1S/C15H16ClN3O2/c1-9-13(14(16)19(2)18-9)15(20)17-8-11-7-10-5-3-4-6-12(10)21-11/h3-6,11H,7-8H2,1-2H3,(H,17,20)/t11-/m0/s1. The number of benzene rings is 1. The third kappa shape index (κ3) is 2.61. The summed E-state index contributed by atoms with van der Waals surface area (Å²) in [5.74, 6) is 0.678. The molecule has 110 valence electrons. The Morgan fingerprint density at radius 1 is 1.52 bits per heavy atom. The molecule has 0 radical (unpaired) electrons. The second kappa shape index (κ2) is 5.41. The predicted octanol–water partition coefficient (Wildman–Crippen LogP) is 2.12. The van der Waals surface area contributed by atoms with Crippen molar-refractivity contribution < 1.29 is 9.53 Å². The molecule has 1 aromatic heterocycles. The van der Waals surface area contributed by atoms with Gasteiger partial charge in [0, 0.05) is 13.5 Å². The van der Waals surface area contributed by atoms with Gasteiger partial charge in [-0.05, 0) is 18.6 Å². The smallest absolute Gasteiger partial charge is 0.256 e. The van der Waals surface area contributed by atoms with Crippen LogP contribution in [-0.4, -0.2) is 28.3 Å². The molecule has 6 heteroatoms. The van der Waals surface area contributed by atoms with Crippen LogP contribution in [0.3, 0.4) is 0 Å². The van der Waals surface area contributed by atoms with Crippen molar-refractivity contribution in [1.29, 1.82) is 0 Å². The summed E-state index contributed by atoms with van der Waals surface area (Å²) in [6.45, 7) is 2.21.